The monoisotopic (exact) mass is 270 g/mol. The quantitative estimate of drug-likeness (QED) is 0.626. The second-order valence-electron chi connectivity index (χ2n) is 4.54. The number of methoxy groups -OCH3 is 1. The van der Waals surface area contributed by atoms with Crippen molar-refractivity contribution in [2.24, 2.45) is 0 Å². The lowest BCUT2D eigenvalue weighted by atomic mass is 10.1. The molecule has 0 spiro atoms. The van der Waals surface area contributed by atoms with Crippen LogP contribution in [0.3, 0.4) is 0 Å². The molecular formula is C17H18O3. The fourth-order valence-electron chi connectivity index (χ4n) is 1.94. The third-order valence-corrected chi connectivity index (χ3v) is 3.19. The Morgan fingerprint density at radius 2 is 1.85 bits per heavy atom. The van der Waals surface area contributed by atoms with Gasteiger partial charge in [-0.15, -0.1) is 0 Å². The minimum Gasteiger partial charge on any atom is -0.496 e. The van der Waals surface area contributed by atoms with Crippen LogP contribution >= 0.6 is 0 Å². The van der Waals surface area contributed by atoms with E-state index in [0.29, 0.717) is 17.1 Å². The summed E-state index contributed by atoms with van der Waals surface area (Å²) in [6.07, 6.45) is 0.902. The van der Waals surface area contributed by atoms with E-state index in [9.17, 15) is 4.79 Å². The Labute approximate surface area is 119 Å². The molecule has 2 aromatic carbocycles. The maximum Gasteiger partial charge on any atom is 0.347 e. The molecule has 0 aliphatic rings. The van der Waals surface area contributed by atoms with Crippen LogP contribution in [-0.4, -0.2) is 13.1 Å². The molecule has 3 heteroatoms. The lowest BCUT2D eigenvalue weighted by molar-refractivity contribution is 0.0730. The Morgan fingerprint density at radius 3 is 2.55 bits per heavy atom. The molecule has 0 aromatic heterocycles. The van der Waals surface area contributed by atoms with Crippen LogP contribution in [0.4, 0.5) is 0 Å². The SMILES string of the molecule is CCc1ccc(C)c(OC(=O)c2ccccc2OC)c1. The Bertz CT molecular complexity index is 617. The maximum absolute atomic E-state index is 12.2. The standard InChI is InChI=1S/C17H18O3/c1-4-13-10-9-12(2)16(11-13)20-17(18)14-7-5-6-8-15(14)19-3/h5-11H,4H2,1-3H3. The largest absolute Gasteiger partial charge is 0.496 e. The molecule has 0 saturated heterocycles. The molecule has 0 aliphatic carbocycles. The highest BCUT2D eigenvalue weighted by molar-refractivity contribution is 5.94. The van der Waals surface area contributed by atoms with E-state index in [0.717, 1.165) is 17.5 Å². The first-order chi connectivity index (χ1) is 9.65. The number of esters is 1. The van der Waals surface area contributed by atoms with Gasteiger partial charge < -0.3 is 9.47 Å². The molecule has 20 heavy (non-hydrogen) atoms. The molecule has 0 heterocycles. The van der Waals surface area contributed by atoms with Crippen LogP contribution in [0.25, 0.3) is 0 Å². The molecule has 3 nitrogen and oxygen atoms in total. The van der Waals surface area contributed by atoms with Crippen molar-refractivity contribution in [2.45, 2.75) is 20.3 Å². The van der Waals surface area contributed by atoms with Gasteiger partial charge in [0.1, 0.15) is 17.1 Å². The summed E-state index contributed by atoms with van der Waals surface area (Å²) in [7, 11) is 1.54. The average molecular weight is 270 g/mol. The van der Waals surface area contributed by atoms with Crippen molar-refractivity contribution in [2.75, 3.05) is 7.11 Å². The summed E-state index contributed by atoms with van der Waals surface area (Å²) in [5.41, 5.74) is 2.50. The molecule has 2 rings (SSSR count). The van der Waals surface area contributed by atoms with Crippen molar-refractivity contribution in [3.8, 4) is 11.5 Å². The average Bonchev–Trinajstić information content (AvgIpc) is 2.49. The van der Waals surface area contributed by atoms with Crippen LogP contribution in [-0.2, 0) is 6.42 Å². The van der Waals surface area contributed by atoms with Crippen LogP contribution in [0.15, 0.2) is 42.5 Å². The highest BCUT2D eigenvalue weighted by Gasteiger charge is 2.15. The van der Waals surface area contributed by atoms with Crippen molar-refractivity contribution in [3.63, 3.8) is 0 Å². The van der Waals surface area contributed by atoms with E-state index < -0.39 is 5.97 Å². The van der Waals surface area contributed by atoms with Gasteiger partial charge in [-0.25, -0.2) is 4.79 Å². The van der Waals surface area contributed by atoms with Crippen molar-refractivity contribution < 1.29 is 14.3 Å². The Balaban J connectivity index is 2.27. The zero-order chi connectivity index (χ0) is 14.5. The van der Waals surface area contributed by atoms with E-state index in [2.05, 4.69) is 6.92 Å². The van der Waals surface area contributed by atoms with Crippen LogP contribution < -0.4 is 9.47 Å². The van der Waals surface area contributed by atoms with E-state index in [1.807, 2.05) is 31.2 Å². The highest BCUT2D eigenvalue weighted by Crippen LogP contribution is 2.24. The maximum atomic E-state index is 12.2. The Hall–Kier alpha value is -2.29. The van der Waals surface area contributed by atoms with Gasteiger partial charge in [-0.3, -0.25) is 0 Å². The molecule has 0 radical (unpaired) electrons. The molecular weight excluding hydrogens is 252 g/mol. The summed E-state index contributed by atoms with van der Waals surface area (Å²) >= 11 is 0. The fourth-order valence-corrected chi connectivity index (χ4v) is 1.94. The first-order valence-electron chi connectivity index (χ1n) is 6.60. The van der Waals surface area contributed by atoms with Crippen LogP contribution in [0, 0.1) is 6.92 Å². The zero-order valence-electron chi connectivity index (χ0n) is 12.0. The molecule has 0 fully saturated rings. The van der Waals surface area contributed by atoms with Gasteiger partial charge in [-0.1, -0.05) is 31.2 Å². The summed E-state index contributed by atoms with van der Waals surface area (Å²) in [4.78, 5) is 12.2. The highest BCUT2D eigenvalue weighted by atomic mass is 16.5. The summed E-state index contributed by atoms with van der Waals surface area (Å²) in [5, 5.41) is 0. The Morgan fingerprint density at radius 1 is 1.10 bits per heavy atom. The fraction of sp³-hybridized carbons (Fsp3) is 0.235. The summed E-state index contributed by atoms with van der Waals surface area (Å²) in [5.74, 6) is 0.709. The second kappa shape index (κ2) is 6.24. The first kappa shape index (κ1) is 14.1. The van der Waals surface area contributed by atoms with E-state index in [4.69, 9.17) is 9.47 Å². The summed E-state index contributed by atoms with van der Waals surface area (Å²) in [6.45, 7) is 3.99. The van der Waals surface area contributed by atoms with Gasteiger partial charge in [0, 0.05) is 0 Å². The van der Waals surface area contributed by atoms with E-state index >= 15 is 0 Å². The van der Waals surface area contributed by atoms with Gasteiger partial charge in [-0.05, 0) is 42.7 Å². The van der Waals surface area contributed by atoms with Gasteiger partial charge in [0.2, 0.25) is 0 Å². The third-order valence-electron chi connectivity index (χ3n) is 3.19. The van der Waals surface area contributed by atoms with Crippen molar-refractivity contribution in [1.29, 1.82) is 0 Å². The predicted molar refractivity (Wildman–Crippen MR) is 78.5 cm³/mol. The number of rotatable bonds is 4. The minimum atomic E-state index is -0.404. The number of benzene rings is 2. The topological polar surface area (TPSA) is 35.5 Å². The molecule has 0 saturated carbocycles. The normalized spacial score (nSPS) is 10.2. The van der Waals surface area contributed by atoms with Crippen molar-refractivity contribution in [1.82, 2.24) is 0 Å². The van der Waals surface area contributed by atoms with Crippen molar-refractivity contribution >= 4 is 5.97 Å². The Kier molecular flexibility index (Phi) is 4.41. The molecule has 104 valence electrons. The number of aryl methyl sites for hydroxylation is 2. The van der Waals surface area contributed by atoms with Gasteiger partial charge in [0.25, 0.3) is 0 Å². The molecule has 2 aromatic rings. The molecule has 0 unspecified atom stereocenters. The number of ether oxygens (including phenoxy) is 2. The number of carbonyl (C=O) groups excluding carboxylic acids is 1. The number of hydrogen-bond acceptors (Lipinski definition) is 3. The molecule has 0 atom stereocenters. The van der Waals surface area contributed by atoms with E-state index in [1.54, 1.807) is 18.2 Å². The molecule has 0 N–H and O–H groups in total. The summed E-state index contributed by atoms with van der Waals surface area (Å²) in [6, 6.07) is 12.9. The van der Waals surface area contributed by atoms with E-state index in [-0.39, 0.29) is 0 Å². The zero-order valence-corrected chi connectivity index (χ0v) is 12.0. The van der Waals surface area contributed by atoms with Crippen LogP contribution in [0.1, 0.15) is 28.4 Å². The molecule has 0 bridgehead atoms. The number of carbonyl (C=O) groups is 1. The summed E-state index contributed by atoms with van der Waals surface area (Å²) < 4.78 is 10.7. The van der Waals surface area contributed by atoms with Gasteiger partial charge in [-0.2, -0.15) is 0 Å². The smallest absolute Gasteiger partial charge is 0.347 e. The van der Waals surface area contributed by atoms with Gasteiger partial charge in [0.05, 0.1) is 7.11 Å². The lowest BCUT2D eigenvalue weighted by Gasteiger charge is -2.11. The van der Waals surface area contributed by atoms with Crippen LogP contribution in [0.5, 0.6) is 11.5 Å². The van der Waals surface area contributed by atoms with Crippen LogP contribution in [0.2, 0.25) is 0 Å². The number of para-hydroxylation sites is 1. The molecule has 0 aliphatic heterocycles. The number of hydrogen-bond donors (Lipinski definition) is 0. The van der Waals surface area contributed by atoms with Gasteiger partial charge >= 0.3 is 5.97 Å². The molecule has 0 amide bonds. The van der Waals surface area contributed by atoms with Gasteiger partial charge in [0.15, 0.2) is 0 Å². The second-order valence-corrected chi connectivity index (χ2v) is 4.54. The first-order valence-corrected chi connectivity index (χ1v) is 6.60. The van der Waals surface area contributed by atoms with Crippen molar-refractivity contribution in [3.05, 3.63) is 59.2 Å². The lowest BCUT2D eigenvalue weighted by Crippen LogP contribution is -2.11. The third kappa shape index (κ3) is 2.99. The predicted octanol–water partition coefficient (Wildman–Crippen LogP) is 3.79. The minimum absolute atomic E-state index is 0.404. The van der Waals surface area contributed by atoms with E-state index in [1.165, 1.54) is 7.11 Å².